The van der Waals surface area contributed by atoms with Gasteiger partial charge in [-0.25, -0.2) is 0 Å². The van der Waals surface area contributed by atoms with Crippen LogP contribution >= 0.6 is 23.1 Å². The molecule has 3 heterocycles. The smallest absolute Gasteiger partial charge is 0.250 e. The van der Waals surface area contributed by atoms with Gasteiger partial charge in [0, 0.05) is 22.4 Å². The molecule has 0 radical (unpaired) electrons. The number of fused-ring (bicyclic) bond motifs is 2. The van der Waals surface area contributed by atoms with Crippen molar-refractivity contribution in [2.24, 2.45) is 0 Å². The van der Waals surface area contributed by atoms with Crippen molar-refractivity contribution in [1.29, 1.82) is 0 Å². The summed E-state index contributed by atoms with van der Waals surface area (Å²) in [5.74, 6) is -0.0392. The van der Waals surface area contributed by atoms with Gasteiger partial charge in [-0.05, 0) is 42.3 Å². The molecule has 2 fully saturated rings. The Bertz CT molecular complexity index is 832. The van der Waals surface area contributed by atoms with Crippen LogP contribution in [0, 0.1) is 0 Å². The number of rotatable bonds is 4. The predicted octanol–water partition coefficient (Wildman–Crippen LogP) is 3.50. The maximum Gasteiger partial charge on any atom is 0.250 e. The number of carbonyl (C=O) groups excluding carboxylic acids is 2. The summed E-state index contributed by atoms with van der Waals surface area (Å²) in [5.41, 5.74) is 0.966. The van der Waals surface area contributed by atoms with E-state index in [0.29, 0.717) is 6.54 Å². The maximum atomic E-state index is 12.9. The second kappa shape index (κ2) is 6.69. The maximum absolute atomic E-state index is 12.9. The van der Waals surface area contributed by atoms with E-state index in [0.717, 1.165) is 21.9 Å². The molecule has 2 aliphatic rings. The number of piperazine rings is 1. The molecule has 0 unspecified atom stereocenters. The predicted molar refractivity (Wildman–Crippen MR) is 103 cm³/mol. The van der Waals surface area contributed by atoms with Crippen molar-refractivity contribution in [1.82, 2.24) is 4.90 Å². The lowest BCUT2D eigenvalue weighted by Gasteiger charge is -2.34. The van der Waals surface area contributed by atoms with Gasteiger partial charge in [0.2, 0.25) is 11.8 Å². The number of amides is 2. The number of thioether (sulfide) groups is 1. The number of benzene rings is 1. The molecule has 25 heavy (non-hydrogen) atoms. The Morgan fingerprint density at radius 2 is 2.12 bits per heavy atom. The highest BCUT2D eigenvalue weighted by molar-refractivity contribution is 7.98. The summed E-state index contributed by atoms with van der Waals surface area (Å²) in [7, 11) is 0. The minimum absolute atomic E-state index is 0.0376. The first-order valence-corrected chi connectivity index (χ1v) is 10.3. The molecule has 2 bridgehead atoms. The van der Waals surface area contributed by atoms with Crippen LogP contribution in [0.1, 0.15) is 11.3 Å². The first-order chi connectivity index (χ1) is 12.2. The van der Waals surface area contributed by atoms with Crippen molar-refractivity contribution in [2.45, 2.75) is 23.4 Å². The Hall–Kier alpha value is -2.05. The Morgan fingerprint density at radius 3 is 2.84 bits per heavy atom. The second-order valence-electron chi connectivity index (χ2n) is 6.12. The topological polar surface area (TPSA) is 40.6 Å². The molecule has 1 aromatic heterocycles. The molecule has 6 heteroatoms. The van der Waals surface area contributed by atoms with Gasteiger partial charge >= 0.3 is 0 Å². The monoisotopic (exact) mass is 370 g/mol. The van der Waals surface area contributed by atoms with Crippen molar-refractivity contribution in [3.05, 3.63) is 52.7 Å². The van der Waals surface area contributed by atoms with Gasteiger partial charge < -0.3 is 9.80 Å². The molecule has 4 nitrogen and oxygen atoms in total. The largest absolute Gasteiger partial charge is 0.325 e. The third kappa shape index (κ3) is 2.89. The SMILES string of the molecule is CSc1ccccc1N1C(=O)[C@@H]2C[C@H]1CN2C(=O)C=Cc1cccs1. The zero-order valence-corrected chi connectivity index (χ0v) is 15.4. The molecule has 0 saturated carbocycles. The summed E-state index contributed by atoms with van der Waals surface area (Å²) < 4.78 is 0. The highest BCUT2D eigenvalue weighted by Crippen LogP contribution is 2.39. The van der Waals surface area contributed by atoms with Crippen molar-refractivity contribution in [3.63, 3.8) is 0 Å². The molecule has 2 amide bonds. The van der Waals surface area contributed by atoms with Crippen molar-refractivity contribution in [2.75, 3.05) is 17.7 Å². The van der Waals surface area contributed by atoms with Crippen LogP contribution in [0.25, 0.3) is 6.08 Å². The Labute approximate surface area is 155 Å². The number of hydrogen-bond donors (Lipinski definition) is 0. The number of thiophene rings is 1. The summed E-state index contributed by atoms with van der Waals surface area (Å²) in [6.45, 7) is 0.604. The average molecular weight is 370 g/mol. The minimum Gasteiger partial charge on any atom is -0.325 e. The zero-order valence-electron chi connectivity index (χ0n) is 13.8. The lowest BCUT2D eigenvalue weighted by molar-refractivity contribution is -0.134. The van der Waals surface area contributed by atoms with Crippen molar-refractivity contribution in [3.8, 4) is 0 Å². The van der Waals surface area contributed by atoms with Gasteiger partial charge in [0.1, 0.15) is 6.04 Å². The van der Waals surface area contributed by atoms with E-state index in [-0.39, 0.29) is 23.9 Å². The van der Waals surface area contributed by atoms with Crippen LogP contribution in [0.5, 0.6) is 0 Å². The van der Waals surface area contributed by atoms with E-state index in [1.165, 1.54) is 0 Å². The van der Waals surface area contributed by atoms with Crippen molar-refractivity contribution < 1.29 is 9.59 Å². The fourth-order valence-corrected chi connectivity index (χ4v) is 4.81. The lowest BCUT2D eigenvalue weighted by Crippen LogP contribution is -2.52. The molecular formula is C19H18N2O2S2. The van der Waals surface area contributed by atoms with Gasteiger partial charge in [-0.15, -0.1) is 23.1 Å². The summed E-state index contributed by atoms with van der Waals surface area (Å²) in [5, 5.41) is 1.98. The van der Waals surface area contributed by atoms with Crippen LogP contribution in [0.4, 0.5) is 5.69 Å². The minimum atomic E-state index is -0.333. The number of para-hydroxylation sites is 1. The van der Waals surface area contributed by atoms with Gasteiger partial charge in [-0.1, -0.05) is 18.2 Å². The average Bonchev–Trinajstić information content (AvgIpc) is 3.36. The number of carbonyl (C=O) groups is 2. The standard InChI is InChI=1S/C19H18N2O2S2/c1-24-17-7-3-2-6-15(17)21-13-11-16(19(21)23)20(12-13)18(22)9-8-14-5-4-10-25-14/h2-10,13,16H,11-12H2,1H3/t13-,16-/m0/s1. The van der Waals surface area contributed by atoms with Crippen LogP contribution in [0.3, 0.4) is 0 Å². The normalized spacial score (nSPS) is 22.4. The molecule has 4 rings (SSSR count). The highest BCUT2D eigenvalue weighted by atomic mass is 32.2. The summed E-state index contributed by atoms with van der Waals surface area (Å²) in [6.07, 6.45) is 6.15. The lowest BCUT2D eigenvalue weighted by atomic mass is 10.2. The first-order valence-electron chi connectivity index (χ1n) is 8.17. The van der Waals surface area contributed by atoms with Crippen LogP contribution in [0.2, 0.25) is 0 Å². The third-order valence-corrected chi connectivity index (χ3v) is 6.35. The molecule has 2 aromatic rings. The van der Waals surface area contributed by atoms with Gasteiger partial charge in [-0.2, -0.15) is 0 Å². The molecular weight excluding hydrogens is 352 g/mol. The number of hydrogen-bond acceptors (Lipinski definition) is 4. The van der Waals surface area contributed by atoms with E-state index >= 15 is 0 Å². The van der Waals surface area contributed by atoms with E-state index in [2.05, 4.69) is 0 Å². The van der Waals surface area contributed by atoms with Gasteiger partial charge in [0.25, 0.3) is 0 Å². The van der Waals surface area contributed by atoms with Crippen molar-refractivity contribution >= 4 is 46.7 Å². The molecule has 0 spiro atoms. The van der Waals surface area contributed by atoms with Gasteiger partial charge in [-0.3, -0.25) is 9.59 Å². The first kappa shape index (κ1) is 16.4. The Balaban J connectivity index is 1.52. The summed E-state index contributed by atoms with van der Waals surface area (Å²) >= 11 is 3.23. The molecule has 1 aromatic carbocycles. The quantitative estimate of drug-likeness (QED) is 0.611. The van der Waals surface area contributed by atoms with E-state index in [9.17, 15) is 9.59 Å². The highest BCUT2D eigenvalue weighted by Gasteiger charge is 2.51. The van der Waals surface area contributed by atoms with Crippen LogP contribution in [0.15, 0.2) is 52.7 Å². The second-order valence-corrected chi connectivity index (χ2v) is 7.95. The molecule has 2 saturated heterocycles. The third-order valence-electron chi connectivity index (χ3n) is 4.73. The van der Waals surface area contributed by atoms with E-state index < -0.39 is 0 Å². The number of likely N-dealkylation sites (tertiary alicyclic amines) is 1. The number of nitrogens with zero attached hydrogens (tertiary/aromatic N) is 2. The van der Waals surface area contributed by atoms with Crippen LogP contribution < -0.4 is 4.90 Å². The fraction of sp³-hybridized carbons (Fsp3) is 0.263. The fourth-order valence-electron chi connectivity index (χ4n) is 3.60. The van der Waals surface area contributed by atoms with E-state index in [4.69, 9.17) is 0 Å². The van der Waals surface area contributed by atoms with E-state index in [1.54, 1.807) is 34.1 Å². The summed E-state index contributed by atoms with van der Waals surface area (Å²) in [4.78, 5) is 31.1. The summed E-state index contributed by atoms with van der Waals surface area (Å²) in [6, 6.07) is 11.6. The molecule has 128 valence electrons. The van der Waals surface area contributed by atoms with Crippen LogP contribution in [-0.4, -0.2) is 41.6 Å². The zero-order chi connectivity index (χ0) is 17.4. The van der Waals surface area contributed by atoms with Gasteiger partial charge in [0.05, 0.1) is 11.7 Å². The molecule has 0 N–H and O–H groups in total. The van der Waals surface area contributed by atoms with E-state index in [1.807, 2.05) is 59.0 Å². The Kier molecular flexibility index (Phi) is 4.39. The molecule has 0 aliphatic carbocycles. The van der Waals surface area contributed by atoms with Gasteiger partial charge in [0.15, 0.2) is 0 Å². The molecule has 2 aliphatic heterocycles. The number of anilines is 1. The van der Waals surface area contributed by atoms with Crippen LogP contribution in [-0.2, 0) is 9.59 Å². The Morgan fingerprint density at radius 1 is 1.28 bits per heavy atom. The molecule has 2 atom stereocenters.